The van der Waals surface area contributed by atoms with Crippen LogP contribution in [-0.2, 0) is 6.54 Å². The Morgan fingerprint density at radius 1 is 1.56 bits per heavy atom. The van der Waals surface area contributed by atoms with E-state index in [4.69, 9.17) is 5.73 Å². The summed E-state index contributed by atoms with van der Waals surface area (Å²) in [6, 6.07) is 0. The van der Waals surface area contributed by atoms with Crippen LogP contribution < -0.4 is 11.1 Å². The molecule has 0 spiro atoms. The van der Waals surface area contributed by atoms with Gasteiger partial charge in [-0.2, -0.15) is 5.10 Å². The molecule has 1 saturated carbocycles. The predicted molar refractivity (Wildman–Crippen MR) is 71.3 cm³/mol. The topological polar surface area (TPSA) is 72.9 Å². The minimum absolute atomic E-state index is 0.108. The summed E-state index contributed by atoms with van der Waals surface area (Å²) < 4.78 is 1.67. The molecule has 1 heterocycles. The average Bonchev–Trinajstić information content (AvgIpc) is 2.60. The van der Waals surface area contributed by atoms with Crippen molar-refractivity contribution in [3.63, 3.8) is 0 Å². The molecular formula is C13H22N4O. The molecule has 1 fully saturated rings. The van der Waals surface area contributed by atoms with Crippen LogP contribution in [0, 0.1) is 12.3 Å². The Labute approximate surface area is 108 Å². The summed E-state index contributed by atoms with van der Waals surface area (Å²) in [7, 11) is 0. The summed E-state index contributed by atoms with van der Waals surface area (Å²) in [5.74, 6) is -0.108. The van der Waals surface area contributed by atoms with Gasteiger partial charge in [0.05, 0.1) is 11.4 Å². The van der Waals surface area contributed by atoms with Crippen LogP contribution in [0.15, 0.2) is 0 Å². The highest BCUT2D eigenvalue weighted by Gasteiger charge is 2.32. The van der Waals surface area contributed by atoms with Crippen molar-refractivity contribution in [1.29, 1.82) is 0 Å². The van der Waals surface area contributed by atoms with E-state index in [1.54, 1.807) is 4.68 Å². The Morgan fingerprint density at radius 2 is 2.22 bits per heavy atom. The second kappa shape index (κ2) is 4.63. The lowest BCUT2D eigenvalue weighted by molar-refractivity contribution is 0.0881. The lowest BCUT2D eigenvalue weighted by Crippen LogP contribution is -2.40. The maximum atomic E-state index is 12.2. The number of nitrogens with one attached hydrogen (secondary N) is 1. The van der Waals surface area contributed by atoms with E-state index in [9.17, 15) is 4.79 Å². The fraction of sp³-hybridized carbons (Fsp3) is 0.692. The molecule has 0 bridgehead atoms. The van der Waals surface area contributed by atoms with Gasteiger partial charge in [-0.25, -0.2) is 0 Å². The van der Waals surface area contributed by atoms with Gasteiger partial charge in [-0.1, -0.05) is 13.3 Å². The van der Waals surface area contributed by atoms with Crippen molar-refractivity contribution >= 4 is 11.6 Å². The first kappa shape index (κ1) is 12.9. The van der Waals surface area contributed by atoms with Gasteiger partial charge < -0.3 is 11.1 Å². The van der Waals surface area contributed by atoms with Gasteiger partial charge in [0.2, 0.25) is 0 Å². The highest BCUT2D eigenvalue weighted by molar-refractivity contribution is 5.98. The first-order valence-electron chi connectivity index (χ1n) is 6.58. The molecule has 1 aromatic rings. The number of anilines is 1. The average molecular weight is 250 g/mol. The van der Waals surface area contributed by atoms with E-state index in [2.05, 4.69) is 17.3 Å². The first-order chi connectivity index (χ1) is 8.47. The molecule has 0 saturated heterocycles. The monoisotopic (exact) mass is 250 g/mol. The van der Waals surface area contributed by atoms with Gasteiger partial charge in [-0.05, 0) is 32.1 Å². The Balaban J connectivity index is 2.08. The van der Waals surface area contributed by atoms with Crippen LogP contribution in [0.1, 0.15) is 49.3 Å². The lowest BCUT2D eigenvalue weighted by Gasteiger charge is -2.38. The predicted octanol–water partition coefficient (Wildman–Crippen LogP) is 1.71. The zero-order valence-electron chi connectivity index (χ0n) is 11.4. The molecule has 18 heavy (non-hydrogen) atoms. The minimum Gasteiger partial charge on any atom is -0.395 e. The van der Waals surface area contributed by atoms with Crippen molar-refractivity contribution in [2.45, 2.75) is 46.6 Å². The van der Waals surface area contributed by atoms with Crippen LogP contribution in [0.5, 0.6) is 0 Å². The summed E-state index contributed by atoms with van der Waals surface area (Å²) in [6.45, 7) is 7.36. The molecule has 0 atom stereocenters. The van der Waals surface area contributed by atoms with Crippen LogP contribution in [-0.4, -0.2) is 22.2 Å². The highest BCUT2D eigenvalue weighted by atomic mass is 16.2. The minimum atomic E-state index is -0.108. The van der Waals surface area contributed by atoms with Crippen molar-refractivity contribution in [1.82, 2.24) is 15.1 Å². The Hall–Kier alpha value is -1.52. The van der Waals surface area contributed by atoms with Crippen molar-refractivity contribution in [3.05, 3.63) is 11.4 Å². The number of nitrogens with zero attached hydrogens (tertiary/aromatic N) is 2. The summed E-state index contributed by atoms with van der Waals surface area (Å²) >= 11 is 0. The number of amides is 1. The van der Waals surface area contributed by atoms with Crippen molar-refractivity contribution < 1.29 is 4.79 Å². The fourth-order valence-corrected chi connectivity index (χ4v) is 2.40. The van der Waals surface area contributed by atoms with Crippen LogP contribution in [0.4, 0.5) is 5.69 Å². The molecule has 0 radical (unpaired) electrons. The van der Waals surface area contributed by atoms with Crippen LogP contribution in [0.2, 0.25) is 0 Å². The van der Waals surface area contributed by atoms with E-state index in [0.717, 1.165) is 12.2 Å². The number of carbonyl (C=O) groups is 1. The SMILES string of the molecule is CCn1nc(C)c(N)c1C(=O)NCC1(C)CCC1. The standard InChI is InChI=1S/C13H22N4O/c1-4-17-11(10(14)9(2)16-17)12(18)15-8-13(3)6-5-7-13/h4-8,14H2,1-3H3,(H,15,18). The second-order valence-electron chi connectivity index (χ2n) is 5.51. The van der Waals surface area contributed by atoms with Gasteiger partial charge in [0.15, 0.2) is 0 Å². The number of rotatable bonds is 4. The third-order valence-corrected chi connectivity index (χ3v) is 3.92. The number of nitrogen functional groups attached to an aromatic ring is 1. The number of hydrogen-bond acceptors (Lipinski definition) is 3. The molecule has 100 valence electrons. The maximum Gasteiger partial charge on any atom is 0.271 e. The molecule has 1 aromatic heterocycles. The molecule has 2 rings (SSSR count). The zero-order valence-corrected chi connectivity index (χ0v) is 11.4. The van der Waals surface area contributed by atoms with Gasteiger partial charge in [-0.15, -0.1) is 0 Å². The van der Waals surface area contributed by atoms with Gasteiger partial charge in [0.1, 0.15) is 5.69 Å². The van der Waals surface area contributed by atoms with Gasteiger partial charge in [0, 0.05) is 13.1 Å². The Kier molecular flexibility index (Phi) is 3.32. The van der Waals surface area contributed by atoms with E-state index in [1.807, 2.05) is 13.8 Å². The molecule has 0 aliphatic heterocycles. The Morgan fingerprint density at radius 3 is 2.72 bits per heavy atom. The van der Waals surface area contributed by atoms with E-state index in [1.165, 1.54) is 19.3 Å². The van der Waals surface area contributed by atoms with Crippen LogP contribution in [0.3, 0.4) is 0 Å². The highest BCUT2D eigenvalue weighted by Crippen LogP contribution is 2.39. The number of hydrogen-bond donors (Lipinski definition) is 2. The lowest BCUT2D eigenvalue weighted by atomic mass is 9.70. The molecule has 3 N–H and O–H groups in total. The Bertz CT molecular complexity index is 460. The van der Waals surface area contributed by atoms with Gasteiger partial charge in [-0.3, -0.25) is 9.48 Å². The third kappa shape index (κ3) is 2.21. The van der Waals surface area contributed by atoms with Crippen molar-refractivity contribution in [3.8, 4) is 0 Å². The molecule has 1 aliphatic carbocycles. The third-order valence-electron chi connectivity index (χ3n) is 3.92. The van der Waals surface area contributed by atoms with Gasteiger partial charge in [0.25, 0.3) is 5.91 Å². The summed E-state index contributed by atoms with van der Waals surface area (Å²) in [4.78, 5) is 12.2. The van der Waals surface area contributed by atoms with Gasteiger partial charge >= 0.3 is 0 Å². The largest absolute Gasteiger partial charge is 0.395 e. The number of aryl methyl sites for hydroxylation is 2. The summed E-state index contributed by atoms with van der Waals surface area (Å²) in [5, 5.41) is 7.25. The van der Waals surface area contributed by atoms with E-state index in [0.29, 0.717) is 17.9 Å². The van der Waals surface area contributed by atoms with Crippen LogP contribution in [0.25, 0.3) is 0 Å². The molecule has 1 aliphatic rings. The van der Waals surface area contributed by atoms with Crippen LogP contribution >= 0.6 is 0 Å². The summed E-state index contributed by atoms with van der Waals surface area (Å²) in [5.41, 5.74) is 7.91. The number of aromatic nitrogens is 2. The second-order valence-corrected chi connectivity index (χ2v) is 5.51. The summed E-state index contributed by atoms with van der Waals surface area (Å²) in [6.07, 6.45) is 3.64. The number of carbonyl (C=O) groups excluding carboxylic acids is 1. The molecular weight excluding hydrogens is 228 g/mol. The number of nitrogens with two attached hydrogens (primary N) is 1. The van der Waals surface area contributed by atoms with E-state index >= 15 is 0 Å². The fourth-order valence-electron chi connectivity index (χ4n) is 2.40. The zero-order chi connectivity index (χ0) is 13.3. The van der Waals surface area contributed by atoms with Crippen molar-refractivity contribution in [2.24, 2.45) is 5.41 Å². The molecule has 5 heteroatoms. The smallest absolute Gasteiger partial charge is 0.271 e. The quantitative estimate of drug-likeness (QED) is 0.854. The first-order valence-corrected chi connectivity index (χ1v) is 6.58. The van der Waals surface area contributed by atoms with Crippen molar-refractivity contribution in [2.75, 3.05) is 12.3 Å². The maximum absolute atomic E-state index is 12.2. The molecule has 1 amide bonds. The normalized spacial score (nSPS) is 17.3. The molecule has 0 aromatic carbocycles. The molecule has 5 nitrogen and oxygen atoms in total. The molecule has 0 unspecified atom stereocenters. The van der Waals surface area contributed by atoms with E-state index in [-0.39, 0.29) is 11.3 Å². The van der Waals surface area contributed by atoms with E-state index < -0.39 is 0 Å².